The second-order valence-electron chi connectivity index (χ2n) is 8.57. The van der Waals surface area contributed by atoms with E-state index in [0.29, 0.717) is 31.3 Å². The number of nitrogens with one attached hydrogen (secondary N) is 2. The zero-order chi connectivity index (χ0) is 22.6. The van der Waals surface area contributed by atoms with Crippen LogP contribution in [0.1, 0.15) is 43.2 Å². The number of pyridine rings is 1. The van der Waals surface area contributed by atoms with Crippen molar-refractivity contribution in [2.75, 3.05) is 6.54 Å². The van der Waals surface area contributed by atoms with Gasteiger partial charge in [-0.05, 0) is 43.9 Å². The summed E-state index contributed by atoms with van der Waals surface area (Å²) in [6, 6.07) is 16.9. The van der Waals surface area contributed by atoms with Crippen LogP contribution in [-0.2, 0) is 21.2 Å². The Kier molecular flexibility index (Phi) is 6.58. The molecule has 168 valence electrons. The Morgan fingerprint density at radius 1 is 1.00 bits per heavy atom. The molecular formula is C25H29N3O3S. The summed E-state index contributed by atoms with van der Waals surface area (Å²) in [5.41, 5.74) is 1.60. The minimum atomic E-state index is -3.95. The van der Waals surface area contributed by atoms with E-state index >= 15 is 0 Å². The summed E-state index contributed by atoms with van der Waals surface area (Å²) < 4.78 is 29.6. The number of hydrogen-bond donors (Lipinski definition) is 2. The van der Waals surface area contributed by atoms with E-state index in [1.807, 2.05) is 43.3 Å². The number of aromatic nitrogens is 1. The third kappa shape index (κ3) is 4.84. The lowest BCUT2D eigenvalue weighted by atomic mass is 9.82. The Morgan fingerprint density at radius 3 is 2.47 bits per heavy atom. The van der Waals surface area contributed by atoms with Crippen LogP contribution in [0.2, 0.25) is 0 Å². The summed E-state index contributed by atoms with van der Waals surface area (Å²) >= 11 is 0. The van der Waals surface area contributed by atoms with Gasteiger partial charge in [0.25, 0.3) is 0 Å². The summed E-state index contributed by atoms with van der Waals surface area (Å²) in [4.78, 5) is 17.7. The number of hydrogen-bond acceptors (Lipinski definition) is 4. The van der Waals surface area contributed by atoms with Gasteiger partial charge in [0.05, 0.1) is 5.52 Å². The average molecular weight is 452 g/mol. The molecule has 1 aromatic heterocycles. The number of sulfonamides is 1. The molecule has 1 heterocycles. The molecule has 1 aliphatic rings. The van der Waals surface area contributed by atoms with Crippen LogP contribution in [0.3, 0.4) is 0 Å². The Morgan fingerprint density at radius 2 is 1.72 bits per heavy atom. The smallest absolute Gasteiger partial charge is 0.243 e. The van der Waals surface area contributed by atoms with Gasteiger partial charge in [-0.15, -0.1) is 0 Å². The molecule has 1 aliphatic carbocycles. The predicted molar refractivity (Wildman–Crippen MR) is 126 cm³/mol. The third-order valence-electron chi connectivity index (χ3n) is 6.18. The van der Waals surface area contributed by atoms with E-state index in [1.54, 1.807) is 24.4 Å². The Balaban J connectivity index is 1.54. The van der Waals surface area contributed by atoms with E-state index in [9.17, 15) is 13.2 Å². The first-order valence-corrected chi connectivity index (χ1v) is 12.6. The molecule has 0 spiro atoms. The van der Waals surface area contributed by atoms with E-state index in [0.717, 1.165) is 30.2 Å². The molecule has 4 rings (SSSR count). The number of carbonyl (C=O) groups is 1. The largest absolute Gasteiger partial charge is 0.354 e. The standard InChI is InChI=1S/C25H29N3O3S/c1-19-10-12-20(13-11-19)14-18-27-24(29)25(15-3-2-4-16-25)28-32(30,31)22-9-5-7-21-8-6-17-26-23(21)22/h5-13,17,28H,2-4,14-16,18H2,1H3,(H,27,29). The van der Waals surface area contributed by atoms with Gasteiger partial charge in [-0.25, -0.2) is 8.42 Å². The predicted octanol–water partition coefficient (Wildman–Crippen LogP) is 3.88. The first-order chi connectivity index (χ1) is 15.4. The quantitative estimate of drug-likeness (QED) is 0.571. The van der Waals surface area contributed by atoms with E-state index in [4.69, 9.17) is 0 Å². The minimum absolute atomic E-state index is 0.105. The second kappa shape index (κ2) is 9.38. The van der Waals surface area contributed by atoms with Crippen LogP contribution in [0, 0.1) is 6.92 Å². The summed E-state index contributed by atoms with van der Waals surface area (Å²) in [6.45, 7) is 2.50. The van der Waals surface area contributed by atoms with Crippen molar-refractivity contribution in [3.05, 3.63) is 71.9 Å². The fourth-order valence-corrected chi connectivity index (χ4v) is 5.98. The van der Waals surface area contributed by atoms with Crippen molar-refractivity contribution in [2.45, 2.75) is 55.9 Å². The summed E-state index contributed by atoms with van der Waals surface area (Å²) in [7, 11) is -3.95. The Bertz CT molecular complexity index is 1200. The van der Waals surface area contributed by atoms with Crippen LogP contribution in [-0.4, -0.2) is 31.4 Å². The highest BCUT2D eigenvalue weighted by Crippen LogP contribution is 2.31. The van der Waals surface area contributed by atoms with Gasteiger partial charge >= 0.3 is 0 Å². The van der Waals surface area contributed by atoms with Crippen molar-refractivity contribution < 1.29 is 13.2 Å². The number of carbonyl (C=O) groups excluding carboxylic acids is 1. The van der Waals surface area contributed by atoms with Crippen molar-refractivity contribution in [3.63, 3.8) is 0 Å². The topological polar surface area (TPSA) is 88.2 Å². The van der Waals surface area contributed by atoms with Crippen LogP contribution in [0.15, 0.2) is 65.7 Å². The second-order valence-corrected chi connectivity index (χ2v) is 10.2. The molecule has 2 N–H and O–H groups in total. The van der Waals surface area contributed by atoms with Crippen LogP contribution in [0.5, 0.6) is 0 Å². The molecule has 0 aliphatic heterocycles. The highest BCUT2D eigenvalue weighted by molar-refractivity contribution is 7.89. The number of nitrogens with zero attached hydrogens (tertiary/aromatic N) is 1. The molecule has 32 heavy (non-hydrogen) atoms. The van der Waals surface area contributed by atoms with Gasteiger partial charge in [0.2, 0.25) is 15.9 Å². The van der Waals surface area contributed by atoms with Crippen molar-refractivity contribution in [2.24, 2.45) is 0 Å². The van der Waals surface area contributed by atoms with Crippen molar-refractivity contribution in [1.29, 1.82) is 0 Å². The molecule has 7 heteroatoms. The SMILES string of the molecule is Cc1ccc(CCNC(=O)C2(NS(=O)(=O)c3cccc4cccnc34)CCCCC2)cc1. The van der Waals surface area contributed by atoms with Gasteiger partial charge in [0, 0.05) is 18.1 Å². The van der Waals surface area contributed by atoms with Crippen molar-refractivity contribution in [3.8, 4) is 0 Å². The van der Waals surface area contributed by atoms with Crippen molar-refractivity contribution >= 4 is 26.8 Å². The maximum Gasteiger partial charge on any atom is 0.243 e. The summed E-state index contributed by atoms with van der Waals surface area (Å²) in [6.07, 6.45) is 5.86. The highest BCUT2D eigenvalue weighted by Gasteiger charge is 2.43. The van der Waals surface area contributed by atoms with E-state index in [1.165, 1.54) is 5.56 Å². The van der Waals surface area contributed by atoms with Gasteiger partial charge in [0.1, 0.15) is 10.4 Å². The molecule has 0 unspecified atom stereocenters. The van der Waals surface area contributed by atoms with Gasteiger partial charge in [-0.1, -0.05) is 67.3 Å². The van der Waals surface area contributed by atoms with Gasteiger partial charge < -0.3 is 5.32 Å². The maximum absolute atomic E-state index is 13.4. The molecule has 0 bridgehead atoms. The van der Waals surface area contributed by atoms with Gasteiger partial charge in [-0.3, -0.25) is 9.78 Å². The van der Waals surface area contributed by atoms with E-state index < -0.39 is 15.6 Å². The minimum Gasteiger partial charge on any atom is -0.354 e. The molecule has 1 saturated carbocycles. The van der Waals surface area contributed by atoms with Crippen molar-refractivity contribution in [1.82, 2.24) is 15.0 Å². The Labute approximate surface area is 189 Å². The molecule has 6 nitrogen and oxygen atoms in total. The number of benzene rings is 2. The van der Waals surface area contributed by atoms with E-state index in [2.05, 4.69) is 15.0 Å². The summed E-state index contributed by atoms with van der Waals surface area (Å²) in [5, 5.41) is 3.73. The highest BCUT2D eigenvalue weighted by atomic mass is 32.2. The van der Waals surface area contributed by atoms with Crippen LogP contribution >= 0.6 is 0 Å². The molecule has 3 aromatic rings. The van der Waals surface area contributed by atoms with Crippen LogP contribution in [0.4, 0.5) is 0 Å². The lowest BCUT2D eigenvalue weighted by Crippen LogP contribution is -2.59. The fraction of sp³-hybridized carbons (Fsp3) is 0.360. The van der Waals surface area contributed by atoms with Gasteiger partial charge in [-0.2, -0.15) is 4.72 Å². The number of aryl methyl sites for hydroxylation is 1. The number of para-hydroxylation sites is 1. The normalized spacial score (nSPS) is 16.0. The first kappa shape index (κ1) is 22.4. The van der Waals surface area contributed by atoms with Crippen LogP contribution in [0.25, 0.3) is 10.9 Å². The van der Waals surface area contributed by atoms with Crippen LogP contribution < -0.4 is 10.0 Å². The zero-order valence-corrected chi connectivity index (χ0v) is 19.1. The van der Waals surface area contributed by atoms with E-state index in [-0.39, 0.29) is 10.8 Å². The lowest BCUT2D eigenvalue weighted by molar-refractivity contribution is -0.128. The monoisotopic (exact) mass is 451 g/mol. The average Bonchev–Trinajstić information content (AvgIpc) is 2.80. The molecule has 1 amide bonds. The Hall–Kier alpha value is -2.77. The number of fused-ring (bicyclic) bond motifs is 1. The lowest BCUT2D eigenvalue weighted by Gasteiger charge is -2.36. The first-order valence-electron chi connectivity index (χ1n) is 11.1. The summed E-state index contributed by atoms with van der Waals surface area (Å²) in [5.74, 6) is -0.249. The number of amides is 1. The fourth-order valence-electron chi connectivity index (χ4n) is 4.38. The molecular weight excluding hydrogens is 422 g/mol. The number of rotatable bonds is 7. The molecule has 1 fully saturated rings. The molecule has 0 atom stereocenters. The molecule has 2 aromatic carbocycles. The molecule has 0 saturated heterocycles. The third-order valence-corrected chi connectivity index (χ3v) is 7.74. The van der Waals surface area contributed by atoms with Gasteiger partial charge in [0.15, 0.2) is 0 Å². The molecule has 0 radical (unpaired) electrons. The zero-order valence-electron chi connectivity index (χ0n) is 18.3. The maximum atomic E-state index is 13.4.